The first kappa shape index (κ1) is 18.8. The van der Waals surface area contributed by atoms with Crippen molar-refractivity contribution in [1.82, 2.24) is 20.8 Å². The fraction of sp³-hybridized carbons (Fsp3) is 0.609. The van der Waals surface area contributed by atoms with Crippen LogP contribution in [0.15, 0.2) is 34.9 Å². The molecule has 0 spiro atoms. The molecule has 0 aliphatic heterocycles. The molecule has 29 heavy (non-hydrogen) atoms. The molecule has 6 heteroatoms. The summed E-state index contributed by atoms with van der Waals surface area (Å²) < 4.78 is 5.40. The lowest BCUT2D eigenvalue weighted by molar-refractivity contribution is -0.0709. The molecule has 0 radical (unpaired) electrons. The van der Waals surface area contributed by atoms with Gasteiger partial charge in [0, 0.05) is 11.6 Å². The minimum Gasteiger partial charge on any atom is -0.345 e. The summed E-state index contributed by atoms with van der Waals surface area (Å²) in [7, 11) is 0. The average Bonchev–Trinajstić information content (AvgIpc) is 3.18. The van der Waals surface area contributed by atoms with Crippen LogP contribution in [0.3, 0.4) is 0 Å². The molecule has 1 aromatic carbocycles. The predicted octanol–water partition coefficient (Wildman–Crippen LogP) is 3.69. The van der Waals surface area contributed by atoms with Crippen molar-refractivity contribution in [1.29, 1.82) is 0 Å². The highest BCUT2D eigenvalue weighted by molar-refractivity contribution is 5.93. The molecule has 1 heterocycles. The number of aromatic nitrogens is 2. The topological polar surface area (TPSA) is 80.0 Å². The van der Waals surface area contributed by atoms with Crippen LogP contribution >= 0.6 is 0 Å². The molecule has 6 nitrogen and oxygen atoms in total. The third-order valence-corrected chi connectivity index (χ3v) is 7.52. The van der Waals surface area contributed by atoms with E-state index in [-0.39, 0.29) is 12.5 Å². The van der Waals surface area contributed by atoms with E-state index in [0.29, 0.717) is 35.3 Å². The van der Waals surface area contributed by atoms with Gasteiger partial charge in [-0.2, -0.15) is 4.98 Å². The Labute approximate surface area is 171 Å². The van der Waals surface area contributed by atoms with Crippen molar-refractivity contribution in [2.24, 2.45) is 23.2 Å². The maximum absolute atomic E-state index is 12.1. The van der Waals surface area contributed by atoms with E-state index in [2.05, 4.69) is 27.7 Å². The quantitative estimate of drug-likeness (QED) is 0.749. The number of hydrogen-bond acceptors (Lipinski definition) is 5. The van der Waals surface area contributed by atoms with E-state index in [1.165, 1.54) is 38.5 Å². The number of amides is 1. The molecule has 2 N–H and O–H groups in total. The van der Waals surface area contributed by atoms with Gasteiger partial charge in [-0.1, -0.05) is 23.4 Å². The zero-order valence-corrected chi connectivity index (χ0v) is 17.1. The van der Waals surface area contributed by atoms with Crippen molar-refractivity contribution in [3.05, 3.63) is 47.6 Å². The smallest absolute Gasteiger partial charge is 0.251 e. The van der Waals surface area contributed by atoms with Crippen molar-refractivity contribution in [2.75, 3.05) is 0 Å². The molecule has 4 fully saturated rings. The molecule has 0 saturated heterocycles. The molecular weight excluding hydrogens is 364 g/mol. The van der Waals surface area contributed by atoms with Gasteiger partial charge in [0.05, 0.1) is 13.1 Å². The molecule has 2 aromatic rings. The van der Waals surface area contributed by atoms with Crippen molar-refractivity contribution < 1.29 is 9.32 Å². The Morgan fingerprint density at radius 1 is 1.10 bits per heavy atom. The monoisotopic (exact) mass is 394 g/mol. The predicted molar refractivity (Wildman–Crippen MR) is 109 cm³/mol. The summed E-state index contributed by atoms with van der Waals surface area (Å²) in [6.07, 6.45) is 8.55. The Morgan fingerprint density at radius 2 is 1.76 bits per heavy atom. The Bertz CT molecular complexity index is 827. The summed E-state index contributed by atoms with van der Waals surface area (Å²) >= 11 is 0. The number of nitrogens with one attached hydrogen (secondary N) is 2. The molecule has 4 bridgehead atoms. The first-order valence-electron chi connectivity index (χ1n) is 11.0. The first-order chi connectivity index (χ1) is 14.1. The van der Waals surface area contributed by atoms with Gasteiger partial charge in [0.1, 0.15) is 0 Å². The van der Waals surface area contributed by atoms with Gasteiger partial charge in [-0.3, -0.25) is 4.79 Å². The van der Waals surface area contributed by atoms with E-state index in [9.17, 15) is 4.79 Å². The van der Waals surface area contributed by atoms with Gasteiger partial charge >= 0.3 is 0 Å². The van der Waals surface area contributed by atoms with Crippen LogP contribution in [0.25, 0.3) is 0 Å². The van der Waals surface area contributed by atoms with Crippen molar-refractivity contribution in [3.63, 3.8) is 0 Å². The zero-order chi connectivity index (χ0) is 19.8. The van der Waals surface area contributed by atoms with E-state index in [4.69, 9.17) is 4.52 Å². The average molecular weight is 395 g/mol. The number of carbonyl (C=O) groups is 1. The number of benzene rings is 1. The third kappa shape index (κ3) is 3.82. The normalized spacial score (nSPS) is 31.0. The number of carbonyl (C=O) groups excluding carboxylic acids is 1. The van der Waals surface area contributed by atoms with Gasteiger partial charge in [0.15, 0.2) is 5.82 Å². The summed E-state index contributed by atoms with van der Waals surface area (Å²) in [6.45, 7) is 3.19. The van der Waals surface area contributed by atoms with E-state index in [0.717, 1.165) is 17.8 Å². The van der Waals surface area contributed by atoms with Crippen LogP contribution in [-0.4, -0.2) is 22.1 Å². The Kier molecular flexibility index (Phi) is 4.90. The van der Waals surface area contributed by atoms with Gasteiger partial charge in [-0.25, -0.2) is 0 Å². The molecule has 1 atom stereocenters. The maximum Gasteiger partial charge on any atom is 0.251 e. The molecule has 0 unspecified atom stereocenters. The van der Waals surface area contributed by atoms with Gasteiger partial charge in [0.2, 0.25) is 5.89 Å². The number of hydrogen-bond donors (Lipinski definition) is 2. The van der Waals surface area contributed by atoms with Crippen molar-refractivity contribution >= 4 is 5.91 Å². The first-order valence-corrected chi connectivity index (χ1v) is 11.0. The van der Waals surface area contributed by atoms with Gasteiger partial charge in [-0.05, 0) is 80.8 Å². The largest absolute Gasteiger partial charge is 0.345 e. The summed E-state index contributed by atoms with van der Waals surface area (Å²) in [5.74, 6) is 3.82. The molecule has 4 aliphatic carbocycles. The minimum atomic E-state index is -0.134. The zero-order valence-electron chi connectivity index (χ0n) is 17.1. The molecule has 6 rings (SSSR count). The number of rotatable bonds is 7. The fourth-order valence-electron chi connectivity index (χ4n) is 6.45. The maximum atomic E-state index is 12.1. The van der Waals surface area contributed by atoms with Crippen LogP contribution in [0.1, 0.15) is 67.5 Å². The van der Waals surface area contributed by atoms with Crippen molar-refractivity contribution in [3.8, 4) is 0 Å². The molecule has 1 amide bonds. The second-order valence-electron chi connectivity index (χ2n) is 9.54. The highest BCUT2D eigenvalue weighted by Gasteiger charge is 2.52. The minimum absolute atomic E-state index is 0.134. The lowest BCUT2D eigenvalue weighted by Crippen LogP contribution is -2.54. The lowest BCUT2D eigenvalue weighted by atomic mass is 9.48. The molecular formula is C23H30N4O2. The molecule has 4 saturated carbocycles. The highest BCUT2D eigenvalue weighted by Crippen LogP contribution is 2.61. The third-order valence-electron chi connectivity index (χ3n) is 7.52. The van der Waals surface area contributed by atoms with Crippen LogP contribution in [0, 0.1) is 23.2 Å². The standard InChI is InChI=1S/C23H30N4O2/c1-15(23-10-16-7-17(11-23)9-18(8-16)12-23)24-14-21-26-20(27-29-21)13-25-22(28)19-5-3-2-4-6-19/h2-6,15-18,24H,7-14H2,1H3,(H,25,28)/t15-,16?,17?,18?,23?/m0/s1. The van der Waals surface area contributed by atoms with E-state index in [1.54, 1.807) is 12.1 Å². The molecule has 4 aliphatic rings. The number of nitrogens with zero attached hydrogens (tertiary/aromatic N) is 2. The molecule has 1 aromatic heterocycles. The van der Waals surface area contributed by atoms with Crippen LogP contribution in [-0.2, 0) is 13.1 Å². The second-order valence-corrected chi connectivity index (χ2v) is 9.54. The van der Waals surface area contributed by atoms with Crippen LogP contribution in [0.2, 0.25) is 0 Å². The summed E-state index contributed by atoms with van der Waals surface area (Å²) in [5.41, 5.74) is 1.09. The Balaban J connectivity index is 1.13. The second kappa shape index (κ2) is 7.56. The summed E-state index contributed by atoms with van der Waals surface area (Å²) in [6, 6.07) is 9.61. The van der Waals surface area contributed by atoms with Crippen LogP contribution in [0.4, 0.5) is 0 Å². The van der Waals surface area contributed by atoms with E-state index in [1.807, 2.05) is 18.2 Å². The van der Waals surface area contributed by atoms with E-state index >= 15 is 0 Å². The fourth-order valence-corrected chi connectivity index (χ4v) is 6.45. The van der Waals surface area contributed by atoms with Crippen molar-refractivity contribution in [2.45, 2.75) is 64.6 Å². The van der Waals surface area contributed by atoms with Crippen LogP contribution < -0.4 is 10.6 Å². The Hall–Kier alpha value is -2.21. The van der Waals surface area contributed by atoms with E-state index < -0.39 is 0 Å². The summed E-state index contributed by atoms with van der Waals surface area (Å²) in [5, 5.41) is 10.5. The van der Waals surface area contributed by atoms with Gasteiger partial charge in [-0.15, -0.1) is 0 Å². The SMILES string of the molecule is C[C@H](NCc1nc(CNC(=O)c2ccccc2)no1)C12CC3CC(CC(C3)C1)C2. The summed E-state index contributed by atoms with van der Waals surface area (Å²) in [4.78, 5) is 16.6. The van der Waals surface area contributed by atoms with Gasteiger partial charge < -0.3 is 15.2 Å². The molecule has 154 valence electrons. The highest BCUT2D eigenvalue weighted by atomic mass is 16.5. The lowest BCUT2D eigenvalue weighted by Gasteiger charge is -2.59. The van der Waals surface area contributed by atoms with Gasteiger partial charge in [0.25, 0.3) is 5.91 Å². The Morgan fingerprint density at radius 3 is 2.41 bits per heavy atom. The van der Waals surface area contributed by atoms with Crippen LogP contribution in [0.5, 0.6) is 0 Å².